The van der Waals surface area contributed by atoms with E-state index < -0.39 is 28.3 Å². The molecular formula is C20H21F3N6O3. The zero-order valence-corrected chi connectivity index (χ0v) is 17.7. The Morgan fingerprint density at radius 1 is 1.19 bits per heavy atom. The number of nitro groups is 1. The van der Waals surface area contributed by atoms with Gasteiger partial charge in [0.2, 0.25) is 0 Å². The molecule has 0 bridgehead atoms. The molecule has 1 amide bonds. The Balaban J connectivity index is 1.95. The second-order valence-corrected chi connectivity index (χ2v) is 7.74. The Hall–Kier alpha value is -3.70. The fraction of sp³-hybridized carbons (Fsp3) is 0.350. The number of halogens is 3. The van der Waals surface area contributed by atoms with Gasteiger partial charge in [-0.15, -0.1) is 0 Å². The summed E-state index contributed by atoms with van der Waals surface area (Å²) in [4.78, 5) is 27.8. The van der Waals surface area contributed by atoms with Gasteiger partial charge in [-0.1, -0.05) is 13.8 Å². The number of nitrogens with one attached hydrogen (secondary N) is 2. The van der Waals surface area contributed by atoms with Crippen LogP contribution in [0, 0.1) is 10.1 Å². The van der Waals surface area contributed by atoms with Crippen LogP contribution < -0.4 is 10.9 Å². The van der Waals surface area contributed by atoms with E-state index in [-0.39, 0.29) is 23.2 Å². The Morgan fingerprint density at radius 2 is 1.88 bits per heavy atom. The molecule has 1 aromatic carbocycles. The number of fused-ring (bicyclic) bond motifs is 1. The van der Waals surface area contributed by atoms with Crippen molar-refractivity contribution >= 4 is 28.3 Å². The molecule has 0 spiro atoms. The summed E-state index contributed by atoms with van der Waals surface area (Å²) in [5, 5.41) is 16.0. The van der Waals surface area contributed by atoms with Crippen molar-refractivity contribution < 1.29 is 22.9 Å². The zero-order chi connectivity index (χ0) is 23.8. The first-order valence-corrected chi connectivity index (χ1v) is 9.70. The second kappa shape index (κ2) is 8.44. The van der Waals surface area contributed by atoms with E-state index in [1.54, 1.807) is 10.7 Å². The summed E-state index contributed by atoms with van der Waals surface area (Å²) in [7, 11) is 0. The van der Waals surface area contributed by atoms with Crippen LogP contribution in [0.4, 0.5) is 24.5 Å². The summed E-state index contributed by atoms with van der Waals surface area (Å²) in [5.74, 6) is -0.637. The molecular weight excluding hydrogens is 429 g/mol. The lowest BCUT2D eigenvalue weighted by Crippen LogP contribution is -2.30. The molecule has 0 aliphatic heterocycles. The third-order valence-corrected chi connectivity index (χ3v) is 4.74. The van der Waals surface area contributed by atoms with E-state index in [1.807, 2.05) is 27.7 Å². The number of nitro benzene ring substituents is 1. The quantitative estimate of drug-likeness (QED) is 0.411. The predicted molar refractivity (Wildman–Crippen MR) is 111 cm³/mol. The number of hydrogen-bond donors (Lipinski definition) is 2. The zero-order valence-electron chi connectivity index (χ0n) is 17.7. The SMILES string of the molecule is CC(C)c1cc(C(=O)NNc2ccc(C(F)(F)F)cc2[N+](=O)[O-])c2cnn(C(C)C)c2n1. The van der Waals surface area contributed by atoms with E-state index in [0.29, 0.717) is 28.9 Å². The van der Waals surface area contributed by atoms with Gasteiger partial charge in [-0.2, -0.15) is 18.3 Å². The highest BCUT2D eigenvalue weighted by atomic mass is 19.4. The third kappa shape index (κ3) is 4.48. The maximum absolute atomic E-state index is 12.9. The minimum Gasteiger partial charge on any atom is -0.292 e. The number of carbonyl (C=O) groups excluding carboxylic acids is 1. The molecule has 9 nitrogen and oxygen atoms in total. The highest BCUT2D eigenvalue weighted by Crippen LogP contribution is 2.34. The fourth-order valence-electron chi connectivity index (χ4n) is 3.06. The minimum atomic E-state index is -4.74. The fourth-order valence-corrected chi connectivity index (χ4v) is 3.06. The highest BCUT2D eigenvalue weighted by molar-refractivity contribution is 6.06. The Kier molecular flexibility index (Phi) is 6.06. The molecule has 3 rings (SSSR count). The average molecular weight is 450 g/mol. The van der Waals surface area contributed by atoms with E-state index in [2.05, 4.69) is 20.9 Å². The summed E-state index contributed by atoms with van der Waals surface area (Å²) in [5.41, 5.74) is 3.79. The van der Waals surface area contributed by atoms with Crippen LogP contribution in [-0.4, -0.2) is 25.6 Å². The first-order chi connectivity index (χ1) is 14.9. The molecule has 0 radical (unpaired) electrons. The molecule has 0 saturated carbocycles. The Bertz CT molecular complexity index is 1190. The van der Waals surface area contributed by atoms with E-state index in [0.717, 1.165) is 6.07 Å². The molecule has 0 unspecified atom stereocenters. The number of carbonyl (C=O) groups is 1. The van der Waals surface area contributed by atoms with Crippen molar-refractivity contribution in [3.05, 3.63) is 57.4 Å². The van der Waals surface area contributed by atoms with Crippen LogP contribution in [-0.2, 0) is 6.18 Å². The molecule has 0 atom stereocenters. The van der Waals surface area contributed by atoms with Crippen molar-refractivity contribution in [1.82, 2.24) is 20.2 Å². The van der Waals surface area contributed by atoms with Crippen molar-refractivity contribution in [3.8, 4) is 0 Å². The van der Waals surface area contributed by atoms with Crippen LogP contribution in [0.3, 0.4) is 0 Å². The van der Waals surface area contributed by atoms with Crippen molar-refractivity contribution in [3.63, 3.8) is 0 Å². The van der Waals surface area contributed by atoms with Gasteiger partial charge in [0.05, 0.1) is 27.6 Å². The number of rotatable bonds is 6. The van der Waals surface area contributed by atoms with E-state index in [9.17, 15) is 28.1 Å². The number of aromatic nitrogens is 3. The van der Waals surface area contributed by atoms with Crippen molar-refractivity contribution in [2.75, 3.05) is 5.43 Å². The largest absolute Gasteiger partial charge is 0.416 e. The topological polar surface area (TPSA) is 115 Å². The highest BCUT2D eigenvalue weighted by Gasteiger charge is 2.33. The molecule has 12 heteroatoms. The number of hydrazine groups is 1. The average Bonchev–Trinajstić information content (AvgIpc) is 3.14. The number of hydrogen-bond acceptors (Lipinski definition) is 6. The maximum Gasteiger partial charge on any atom is 0.416 e. The summed E-state index contributed by atoms with van der Waals surface area (Å²) in [6.07, 6.45) is -3.24. The number of anilines is 1. The van der Waals surface area contributed by atoms with Crippen LogP contribution >= 0.6 is 0 Å². The van der Waals surface area contributed by atoms with Crippen molar-refractivity contribution in [1.29, 1.82) is 0 Å². The summed E-state index contributed by atoms with van der Waals surface area (Å²) in [6.45, 7) is 7.66. The van der Waals surface area contributed by atoms with Crippen LogP contribution in [0.2, 0.25) is 0 Å². The molecule has 2 heterocycles. The summed E-state index contributed by atoms with van der Waals surface area (Å²) in [6, 6.07) is 3.57. The molecule has 3 aromatic rings. The van der Waals surface area contributed by atoms with E-state index in [4.69, 9.17) is 0 Å². The smallest absolute Gasteiger partial charge is 0.292 e. The summed E-state index contributed by atoms with van der Waals surface area (Å²) < 4.78 is 40.3. The van der Waals surface area contributed by atoms with Crippen molar-refractivity contribution in [2.24, 2.45) is 0 Å². The molecule has 170 valence electrons. The van der Waals surface area contributed by atoms with E-state index in [1.165, 1.54) is 6.20 Å². The second-order valence-electron chi connectivity index (χ2n) is 7.74. The standard InChI is InChI=1S/C20H21F3N6O3/c1-10(2)16-8-13(14-9-24-28(11(3)4)18(14)25-16)19(30)27-26-15-6-5-12(20(21,22)23)7-17(15)29(31)32/h5-11,26H,1-4H3,(H,27,30). The van der Waals surface area contributed by atoms with Gasteiger partial charge in [-0.3, -0.25) is 25.8 Å². The first-order valence-electron chi connectivity index (χ1n) is 9.70. The maximum atomic E-state index is 12.9. The molecule has 2 aromatic heterocycles. The Labute approximate surface area is 180 Å². The number of benzene rings is 1. The van der Waals surface area contributed by atoms with Crippen LogP contribution in [0.15, 0.2) is 30.5 Å². The van der Waals surface area contributed by atoms with Gasteiger partial charge in [-0.05, 0) is 38.0 Å². The number of pyridine rings is 1. The van der Waals surface area contributed by atoms with Crippen LogP contribution in [0.25, 0.3) is 11.0 Å². The normalized spacial score (nSPS) is 11.9. The van der Waals surface area contributed by atoms with E-state index >= 15 is 0 Å². The Morgan fingerprint density at radius 3 is 2.44 bits per heavy atom. The molecule has 0 fully saturated rings. The third-order valence-electron chi connectivity index (χ3n) is 4.74. The number of nitrogens with zero attached hydrogens (tertiary/aromatic N) is 4. The predicted octanol–water partition coefficient (Wildman–Crippen LogP) is 4.82. The van der Waals surface area contributed by atoms with Gasteiger partial charge < -0.3 is 0 Å². The van der Waals surface area contributed by atoms with Crippen molar-refractivity contribution in [2.45, 2.75) is 45.8 Å². The molecule has 32 heavy (non-hydrogen) atoms. The molecule has 0 saturated heterocycles. The monoisotopic (exact) mass is 450 g/mol. The first kappa shape index (κ1) is 23.0. The summed E-state index contributed by atoms with van der Waals surface area (Å²) >= 11 is 0. The van der Waals surface area contributed by atoms with Gasteiger partial charge in [0.1, 0.15) is 5.69 Å². The van der Waals surface area contributed by atoms with Gasteiger partial charge in [-0.25, -0.2) is 9.67 Å². The van der Waals surface area contributed by atoms with Gasteiger partial charge in [0, 0.05) is 17.8 Å². The lowest BCUT2D eigenvalue weighted by Gasteiger charge is -2.14. The number of alkyl halides is 3. The van der Waals surface area contributed by atoms with Gasteiger partial charge in [0.25, 0.3) is 11.6 Å². The van der Waals surface area contributed by atoms with Gasteiger partial charge in [0.15, 0.2) is 5.65 Å². The molecule has 0 aliphatic carbocycles. The lowest BCUT2D eigenvalue weighted by molar-refractivity contribution is -0.384. The molecule has 0 aliphatic rings. The van der Waals surface area contributed by atoms with Crippen LogP contribution in [0.1, 0.15) is 61.3 Å². The minimum absolute atomic E-state index is 0.00502. The van der Waals surface area contributed by atoms with Gasteiger partial charge >= 0.3 is 6.18 Å². The van der Waals surface area contributed by atoms with Crippen LogP contribution in [0.5, 0.6) is 0 Å². The number of amides is 1. The lowest BCUT2D eigenvalue weighted by atomic mass is 10.1. The molecule has 2 N–H and O–H groups in total.